The first-order valence-electron chi connectivity index (χ1n) is 19.5. The summed E-state index contributed by atoms with van der Waals surface area (Å²) in [7, 11) is 0. The molecule has 50 heavy (non-hydrogen) atoms. The van der Waals surface area contributed by atoms with Crippen LogP contribution in [0.15, 0.2) is 97.1 Å². The topological polar surface area (TPSA) is 25.2 Å². The molecule has 0 saturated carbocycles. The van der Waals surface area contributed by atoms with Gasteiger partial charge in [0.25, 0.3) is 0 Å². The van der Waals surface area contributed by atoms with E-state index in [0.717, 1.165) is 17.5 Å². The molecule has 1 N–H and O–H groups in total. The van der Waals surface area contributed by atoms with E-state index in [1.165, 1.54) is 72.9 Å². The van der Waals surface area contributed by atoms with E-state index >= 15 is 0 Å². The van der Waals surface area contributed by atoms with Crippen LogP contribution in [0.1, 0.15) is 130 Å². The van der Waals surface area contributed by atoms with E-state index in [-0.39, 0.29) is 5.41 Å². The van der Waals surface area contributed by atoms with Crippen molar-refractivity contribution in [1.82, 2.24) is 4.57 Å². The van der Waals surface area contributed by atoms with E-state index in [1.54, 1.807) is 0 Å². The molecule has 0 bridgehead atoms. The second-order valence-electron chi connectivity index (χ2n) is 12.5. The van der Waals surface area contributed by atoms with Gasteiger partial charge in [-0.1, -0.05) is 157 Å². The van der Waals surface area contributed by atoms with Crippen molar-refractivity contribution in [3.8, 4) is 27.9 Å². The highest BCUT2D eigenvalue weighted by Crippen LogP contribution is 2.53. The van der Waals surface area contributed by atoms with Crippen molar-refractivity contribution in [2.24, 2.45) is 0 Å². The molecule has 5 aromatic carbocycles. The highest BCUT2D eigenvalue weighted by Gasteiger charge is 2.38. The first kappa shape index (κ1) is 40.3. The van der Waals surface area contributed by atoms with Crippen LogP contribution in [0.3, 0.4) is 0 Å². The summed E-state index contributed by atoms with van der Waals surface area (Å²) in [4.78, 5) is 0. The van der Waals surface area contributed by atoms with Gasteiger partial charge in [0.1, 0.15) is 0 Å². The van der Waals surface area contributed by atoms with Crippen LogP contribution >= 0.6 is 0 Å². The third kappa shape index (κ3) is 7.19. The monoisotopic (exact) mass is 669 g/mol. The van der Waals surface area contributed by atoms with Gasteiger partial charge in [-0.05, 0) is 92.9 Å². The standard InChI is InChI=1S/C37H31NO.C3H8.4C2H6/c1-4-22-13-15-24(16-14-22)38-34-12-8-7-10-26(34)31-20-30-29-19-28-23(18-36(39)27-11-6-5-9-25(27)28)17-32(29)37(2,3)33(30)21-35(31)38;1-3-2;4*1-2/h5-17,19-21,36,39H,4,18H2,1-3H3;3H2,1-2H3;4*1-2H3. The lowest BCUT2D eigenvalue weighted by Crippen LogP contribution is -2.17. The minimum atomic E-state index is -0.452. The Labute approximate surface area is 304 Å². The number of para-hydroxylation sites is 1. The van der Waals surface area contributed by atoms with Crippen molar-refractivity contribution >= 4 is 21.8 Å². The number of aliphatic hydroxyl groups is 1. The number of fused-ring (bicyclic) bond motifs is 9. The molecule has 0 spiro atoms. The Morgan fingerprint density at radius 3 is 1.80 bits per heavy atom. The van der Waals surface area contributed by atoms with Crippen molar-refractivity contribution in [3.63, 3.8) is 0 Å². The van der Waals surface area contributed by atoms with Gasteiger partial charge in [0, 0.05) is 28.3 Å². The summed E-state index contributed by atoms with van der Waals surface area (Å²) in [5, 5.41) is 13.5. The molecule has 2 nitrogen and oxygen atoms in total. The lowest BCUT2D eigenvalue weighted by atomic mass is 9.78. The van der Waals surface area contributed by atoms with E-state index < -0.39 is 6.10 Å². The molecule has 266 valence electrons. The minimum Gasteiger partial charge on any atom is -0.388 e. The Morgan fingerprint density at radius 1 is 0.600 bits per heavy atom. The van der Waals surface area contributed by atoms with Gasteiger partial charge in [-0.3, -0.25) is 0 Å². The van der Waals surface area contributed by atoms with Gasteiger partial charge >= 0.3 is 0 Å². The van der Waals surface area contributed by atoms with Crippen molar-refractivity contribution in [3.05, 3.63) is 125 Å². The second-order valence-corrected chi connectivity index (χ2v) is 12.5. The molecule has 0 fully saturated rings. The fraction of sp³-hybridized carbons (Fsp3) is 0.375. The average Bonchev–Trinajstić information content (AvgIpc) is 3.61. The van der Waals surface area contributed by atoms with Crippen molar-refractivity contribution in [2.45, 2.75) is 121 Å². The Bertz CT molecular complexity index is 1970. The Morgan fingerprint density at radius 2 is 1.16 bits per heavy atom. The number of rotatable bonds is 2. The van der Waals surface area contributed by atoms with E-state index in [4.69, 9.17) is 0 Å². The van der Waals surface area contributed by atoms with Crippen LogP contribution in [0.2, 0.25) is 0 Å². The van der Waals surface area contributed by atoms with Crippen LogP contribution in [0, 0.1) is 0 Å². The van der Waals surface area contributed by atoms with Crippen LogP contribution in [-0.4, -0.2) is 9.67 Å². The van der Waals surface area contributed by atoms with Crippen molar-refractivity contribution < 1.29 is 5.11 Å². The molecule has 1 heterocycles. The van der Waals surface area contributed by atoms with Crippen LogP contribution in [0.4, 0.5) is 0 Å². The van der Waals surface area contributed by atoms with Crippen LogP contribution in [0.25, 0.3) is 49.7 Å². The maximum absolute atomic E-state index is 10.9. The molecule has 6 aromatic rings. The van der Waals surface area contributed by atoms with Crippen LogP contribution in [0.5, 0.6) is 0 Å². The van der Waals surface area contributed by atoms with Crippen LogP contribution in [-0.2, 0) is 18.3 Å². The van der Waals surface area contributed by atoms with Crippen molar-refractivity contribution in [2.75, 3.05) is 0 Å². The number of hydrogen-bond acceptors (Lipinski definition) is 1. The lowest BCUT2D eigenvalue weighted by molar-refractivity contribution is 0.177. The zero-order chi connectivity index (χ0) is 37.2. The van der Waals surface area contributed by atoms with Gasteiger partial charge in [-0.15, -0.1) is 0 Å². The van der Waals surface area contributed by atoms with Crippen molar-refractivity contribution in [1.29, 1.82) is 0 Å². The largest absolute Gasteiger partial charge is 0.388 e. The fourth-order valence-corrected chi connectivity index (χ4v) is 7.21. The highest BCUT2D eigenvalue weighted by molar-refractivity contribution is 6.11. The second kappa shape index (κ2) is 18.2. The molecule has 8 rings (SSSR count). The third-order valence-electron chi connectivity index (χ3n) is 9.32. The summed E-state index contributed by atoms with van der Waals surface area (Å²) >= 11 is 0. The molecular weight excluding hydrogens is 607 g/mol. The maximum Gasteiger partial charge on any atom is 0.0836 e. The summed E-state index contributed by atoms with van der Waals surface area (Å²) in [6, 6.07) is 35.8. The maximum atomic E-state index is 10.9. The lowest BCUT2D eigenvalue weighted by Gasteiger charge is -2.27. The van der Waals surface area contributed by atoms with Gasteiger partial charge in [0.05, 0.1) is 17.1 Å². The molecule has 1 aromatic heterocycles. The third-order valence-corrected chi connectivity index (χ3v) is 9.32. The molecule has 2 heteroatoms. The number of hydrogen-bond donors (Lipinski definition) is 1. The quantitative estimate of drug-likeness (QED) is 0.195. The number of aryl methyl sites for hydroxylation is 1. The number of nitrogens with zero attached hydrogens (tertiary/aromatic N) is 1. The Kier molecular flexibility index (Phi) is 14.7. The SMILES string of the molecule is CC.CC.CC.CC.CCC.CCc1ccc(-n2c3ccccc3c3cc4c(cc32)C(C)(C)c2cc3c(cc2-4)-c2ccccc2C(O)C3)cc1. The van der Waals surface area contributed by atoms with Gasteiger partial charge < -0.3 is 9.67 Å². The Balaban J connectivity index is 0.000000560. The summed E-state index contributed by atoms with van der Waals surface area (Å²) in [6.07, 6.45) is 2.50. The molecular formula is C48H63NO. The van der Waals surface area contributed by atoms with Gasteiger partial charge in [0.15, 0.2) is 0 Å². The highest BCUT2D eigenvalue weighted by atomic mass is 16.3. The Hall–Kier alpha value is -4.14. The number of aliphatic hydroxyl groups excluding tert-OH is 1. The summed E-state index contributed by atoms with van der Waals surface area (Å²) in [5.74, 6) is 0. The fourth-order valence-electron chi connectivity index (χ4n) is 7.21. The van der Waals surface area contributed by atoms with Gasteiger partial charge in [-0.25, -0.2) is 0 Å². The normalized spacial score (nSPS) is 13.8. The minimum absolute atomic E-state index is 0.136. The molecule has 2 aliphatic rings. The van der Waals surface area contributed by atoms with Gasteiger partial charge in [-0.2, -0.15) is 0 Å². The molecule has 1 unspecified atom stereocenters. The van der Waals surface area contributed by atoms with E-state index in [9.17, 15) is 5.11 Å². The first-order valence-corrected chi connectivity index (χ1v) is 19.5. The van der Waals surface area contributed by atoms with E-state index in [2.05, 4.69) is 130 Å². The molecule has 1 atom stereocenters. The predicted octanol–water partition coefficient (Wildman–Crippen LogP) is 14.4. The average molecular weight is 670 g/mol. The van der Waals surface area contributed by atoms with E-state index in [0.29, 0.717) is 6.42 Å². The smallest absolute Gasteiger partial charge is 0.0836 e. The molecule has 0 saturated heterocycles. The number of benzene rings is 5. The van der Waals surface area contributed by atoms with Gasteiger partial charge in [0.2, 0.25) is 0 Å². The number of aromatic nitrogens is 1. The summed E-state index contributed by atoms with van der Waals surface area (Å²) in [6.45, 7) is 27.2. The zero-order valence-electron chi connectivity index (χ0n) is 33.3. The van der Waals surface area contributed by atoms with E-state index in [1.807, 2.05) is 61.5 Å². The zero-order valence-corrected chi connectivity index (χ0v) is 33.3. The summed E-state index contributed by atoms with van der Waals surface area (Å²) < 4.78 is 2.43. The van der Waals surface area contributed by atoms with Crippen LogP contribution < -0.4 is 0 Å². The molecule has 2 aliphatic carbocycles. The molecule has 0 amide bonds. The molecule has 0 aliphatic heterocycles. The summed E-state index contributed by atoms with van der Waals surface area (Å²) in [5.41, 5.74) is 15.0. The predicted molar refractivity (Wildman–Crippen MR) is 223 cm³/mol. The first-order chi connectivity index (χ1) is 24.4. The molecule has 0 radical (unpaired) electrons.